The minimum absolute atomic E-state index is 0.0324. The van der Waals surface area contributed by atoms with Crippen LogP contribution >= 0.6 is 0 Å². The van der Waals surface area contributed by atoms with E-state index >= 15 is 0 Å². The van der Waals surface area contributed by atoms with Crippen LogP contribution in [-0.4, -0.2) is 69.4 Å². The fourth-order valence-electron chi connectivity index (χ4n) is 3.77. The van der Waals surface area contributed by atoms with Gasteiger partial charge in [-0.1, -0.05) is 39.5 Å². The molecule has 3 N–H and O–H groups in total. The number of rotatable bonds is 7. The maximum atomic E-state index is 12.0. The van der Waals surface area contributed by atoms with Gasteiger partial charge in [-0.2, -0.15) is 0 Å². The number of carbonyl (C=O) groups excluding carboxylic acids is 2. The van der Waals surface area contributed by atoms with Crippen molar-refractivity contribution in [1.82, 2.24) is 20.6 Å². The molecule has 1 aromatic carbocycles. The van der Waals surface area contributed by atoms with Crippen molar-refractivity contribution < 1.29 is 23.8 Å². The van der Waals surface area contributed by atoms with Gasteiger partial charge in [-0.25, -0.2) is 4.98 Å². The molecule has 1 aliphatic heterocycles. The minimum Gasteiger partial charge on any atom is -0.497 e. The number of hydrogen-bond donors (Lipinski definition) is 3. The predicted molar refractivity (Wildman–Crippen MR) is 166 cm³/mol. The molecular weight excluding hydrogens is 536 g/mol. The van der Waals surface area contributed by atoms with E-state index in [0.29, 0.717) is 34.9 Å². The SMILES string of the molecule is CNC(C)C(C)(C)C.COC(=O)C1CCCN1.COC=O.COc1ccc2nc(C#CCCCC3CC3)c(=O)[nH]c2c1. The van der Waals surface area contributed by atoms with Gasteiger partial charge in [0.05, 0.1) is 32.4 Å². The highest BCUT2D eigenvalue weighted by molar-refractivity contribution is 5.76. The van der Waals surface area contributed by atoms with E-state index < -0.39 is 0 Å². The van der Waals surface area contributed by atoms with Gasteiger partial charge in [0.25, 0.3) is 12.0 Å². The highest BCUT2D eigenvalue weighted by atomic mass is 16.5. The fraction of sp³-hybridized carbons (Fsp3) is 0.625. The van der Waals surface area contributed by atoms with Gasteiger partial charge < -0.3 is 29.8 Å². The number of methoxy groups -OCH3 is 3. The molecule has 2 aliphatic rings. The zero-order valence-corrected chi connectivity index (χ0v) is 26.6. The van der Waals surface area contributed by atoms with Crippen molar-refractivity contribution in [3.8, 4) is 17.6 Å². The molecule has 0 spiro atoms. The molecule has 0 radical (unpaired) electrons. The van der Waals surface area contributed by atoms with Gasteiger partial charge in [-0.15, -0.1) is 0 Å². The van der Waals surface area contributed by atoms with Crippen LogP contribution in [0.2, 0.25) is 0 Å². The quantitative estimate of drug-likeness (QED) is 0.189. The Labute approximate surface area is 250 Å². The van der Waals surface area contributed by atoms with Crippen LogP contribution in [-0.2, 0) is 19.1 Å². The molecular formula is C32H50N4O6. The monoisotopic (exact) mass is 586 g/mol. The van der Waals surface area contributed by atoms with Crippen molar-refractivity contribution in [3.63, 3.8) is 0 Å². The molecule has 10 heteroatoms. The second-order valence-corrected chi connectivity index (χ2v) is 11.3. The van der Waals surface area contributed by atoms with E-state index in [0.717, 1.165) is 43.7 Å². The summed E-state index contributed by atoms with van der Waals surface area (Å²) in [6.45, 7) is 10.2. The predicted octanol–water partition coefficient (Wildman–Crippen LogP) is 4.20. The van der Waals surface area contributed by atoms with Crippen LogP contribution in [0.1, 0.15) is 78.3 Å². The number of nitrogens with one attached hydrogen (secondary N) is 3. The van der Waals surface area contributed by atoms with E-state index in [1.807, 2.05) is 19.2 Å². The molecule has 2 fully saturated rings. The highest BCUT2D eigenvalue weighted by Gasteiger charge is 2.22. The molecule has 1 saturated carbocycles. The lowest BCUT2D eigenvalue weighted by Gasteiger charge is -2.26. The fourth-order valence-corrected chi connectivity index (χ4v) is 3.77. The molecule has 4 rings (SSSR count). The van der Waals surface area contributed by atoms with Gasteiger partial charge in [0.1, 0.15) is 11.8 Å². The van der Waals surface area contributed by atoms with Crippen molar-refractivity contribution in [2.24, 2.45) is 11.3 Å². The third kappa shape index (κ3) is 14.5. The number of benzene rings is 1. The summed E-state index contributed by atoms with van der Waals surface area (Å²) in [7, 11) is 6.32. The number of hydrogen-bond acceptors (Lipinski definition) is 9. The molecule has 234 valence electrons. The number of carbonyl (C=O) groups is 2. The smallest absolute Gasteiger partial charge is 0.322 e. The molecule has 2 unspecified atom stereocenters. The summed E-state index contributed by atoms with van der Waals surface area (Å²) in [4.78, 5) is 38.8. The topological polar surface area (TPSA) is 132 Å². The molecule has 2 aromatic rings. The summed E-state index contributed by atoms with van der Waals surface area (Å²) >= 11 is 0. The largest absolute Gasteiger partial charge is 0.497 e. The maximum Gasteiger partial charge on any atom is 0.322 e. The van der Waals surface area contributed by atoms with Crippen LogP contribution < -0.4 is 20.9 Å². The van der Waals surface area contributed by atoms with Crippen LogP contribution in [0.5, 0.6) is 5.75 Å². The number of unbranched alkanes of at least 4 members (excludes halogenated alkanes) is 1. The van der Waals surface area contributed by atoms with Crippen molar-refractivity contribution >= 4 is 23.5 Å². The lowest BCUT2D eigenvalue weighted by Crippen LogP contribution is -2.34. The van der Waals surface area contributed by atoms with Crippen LogP contribution in [0.3, 0.4) is 0 Å². The molecule has 1 saturated heterocycles. The maximum absolute atomic E-state index is 12.0. The summed E-state index contributed by atoms with van der Waals surface area (Å²) < 4.78 is 13.5. The number of nitrogens with zero attached hydrogens (tertiary/aromatic N) is 1. The Morgan fingerprint density at radius 3 is 2.38 bits per heavy atom. The molecule has 1 aromatic heterocycles. The third-order valence-corrected chi connectivity index (χ3v) is 7.09. The normalized spacial score (nSPS) is 16.0. The number of fused-ring (bicyclic) bond motifs is 1. The van der Waals surface area contributed by atoms with Crippen molar-refractivity contribution in [1.29, 1.82) is 0 Å². The van der Waals surface area contributed by atoms with Gasteiger partial charge in [0, 0.05) is 18.5 Å². The molecule has 1 aliphatic carbocycles. The second kappa shape index (κ2) is 19.7. The Morgan fingerprint density at radius 1 is 1.21 bits per heavy atom. The summed E-state index contributed by atoms with van der Waals surface area (Å²) in [5.74, 6) is 7.44. The van der Waals surface area contributed by atoms with Crippen molar-refractivity contribution in [2.75, 3.05) is 34.9 Å². The first-order chi connectivity index (χ1) is 20.0. The lowest BCUT2D eigenvalue weighted by molar-refractivity contribution is -0.142. The number of aromatic nitrogens is 2. The van der Waals surface area contributed by atoms with Crippen LogP contribution in [0.4, 0.5) is 0 Å². The van der Waals surface area contributed by atoms with Crippen LogP contribution in [0.25, 0.3) is 11.0 Å². The second-order valence-electron chi connectivity index (χ2n) is 11.3. The Hall–Kier alpha value is -3.42. The Kier molecular flexibility index (Phi) is 17.1. The first-order valence-electron chi connectivity index (χ1n) is 14.5. The number of aromatic amines is 1. The van der Waals surface area contributed by atoms with E-state index in [1.165, 1.54) is 33.5 Å². The molecule has 10 nitrogen and oxygen atoms in total. The third-order valence-electron chi connectivity index (χ3n) is 7.09. The van der Waals surface area contributed by atoms with E-state index in [1.54, 1.807) is 13.2 Å². The molecule has 0 amide bonds. The average Bonchev–Trinajstić information content (AvgIpc) is 3.65. The van der Waals surface area contributed by atoms with Gasteiger partial charge in [0.15, 0.2) is 5.69 Å². The van der Waals surface area contributed by atoms with Crippen molar-refractivity contribution in [3.05, 3.63) is 34.2 Å². The van der Waals surface area contributed by atoms with E-state index in [-0.39, 0.29) is 17.6 Å². The van der Waals surface area contributed by atoms with Crippen molar-refractivity contribution in [2.45, 2.75) is 84.7 Å². The van der Waals surface area contributed by atoms with Gasteiger partial charge in [0.2, 0.25) is 0 Å². The molecule has 42 heavy (non-hydrogen) atoms. The lowest BCUT2D eigenvalue weighted by atomic mass is 9.88. The van der Waals surface area contributed by atoms with E-state index in [4.69, 9.17) is 9.53 Å². The van der Waals surface area contributed by atoms with Crippen LogP contribution in [0.15, 0.2) is 23.0 Å². The number of esters is 1. The molecule has 0 bridgehead atoms. The summed E-state index contributed by atoms with van der Waals surface area (Å²) in [6, 6.07) is 5.97. The number of ether oxygens (including phenoxy) is 3. The zero-order chi connectivity index (χ0) is 31.5. The first kappa shape index (κ1) is 36.6. The van der Waals surface area contributed by atoms with Crippen LogP contribution in [0, 0.1) is 23.2 Å². The number of H-pyrrole nitrogens is 1. The first-order valence-corrected chi connectivity index (χ1v) is 14.5. The summed E-state index contributed by atoms with van der Waals surface area (Å²) in [5.41, 5.74) is 1.83. The Bertz CT molecular complexity index is 1200. The minimum atomic E-state index is -0.245. The van der Waals surface area contributed by atoms with Gasteiger partial charge in [-0.05, 0) is 75.6 Å². The average molecular weight is 587 g/mol. The Morgan fingerprint density at radius 2 is 1.90 bits per heavy atom. The molecule has 2 atom stereocenters. The van der Waals surface area contributed by atoms with E-state index in [9.17, 15) is 9.59 Å². The highest BCUT2D eigenvalue weighted by Crippen LogP contribution is 2.33. The summed E-state index contributed by atoms with van der Waals surface area (Å²) in [6.07, 6.45) is 7.96. The summed E-state index contributed by atoms with van der Waals surface area (Å²) in [5, 5.41) is 6.24. The van der Waals surface area contributed by atoms with E-state index in [2.05, 4.69) is 69.6 Å². The zero-order valence-electron chi connectivity index (χ0n) is 26.6. The van der Waals surface area contributed by atoms with Gasteiger partial charge >= 0.3 is 5.97 Å². The Balaban J connectivity index is 0.000000347. The van der Waals surface area contributed by atoms with Gasteiger partial charge in [-0.3, -0.25) is 14.4 Å². The standard InChI is InChI=1S/C17H18N2O2.C7H17N.C6H11NO2.C2H4O2/c1-21-13-9-10-14-16(11-13)19-17(20)15(18-14)6-4-2-3-5-12-7-8-12;1-6(8-5)7(2,3)4;1-9-6(8)5-3-2-4-7-5;1-4-2-3/h9-12H,2-3,5,7-8H2,1H3,(H,19,20);6,8H,1-5H3;5,7H,2-4H2,1H3;2H,1H3. The molecule has 2 heterocycles.